The second-order valence-corrected chi connectivity index (χ2v) is 8.47. The Balaban J connectivity index is 1.41. The number of carbonyl (C=O) groups excluding carboxylic acids is 2. The highest BCUT2D eigenvalue weighted by molar-refractivity contribution is 5.95. The number of Topliss-reactive ketones (excluding diaryl/α,β-unsaturated/α-hetero) is 1. The van der Waals surface area contributed by atoms with Gasteiger partial charge in [-0.3, -0.25) is 9.59 Å². The Morgan fingerprint density at radius 2 is 1.57 bits per heavy atom. The van der Waals surface area contributed by atoms with E-state index >= 15 is 0 Å². The minimum absolute atomic E-state index is 0.0142. The number of carbonyl (C=O) groups is 2. The largest absolute Gasteiger partial charge is 0.507 e. The maximum absolute atomic E-state index is 11.4. The van der Waals surface area contributed by atoms with Crippen LogP contribution in [0.1, 0.15) is 28.4 Å². The fourth-order valence-corrected chi connectivity index (χ4v) is 3.50. The lowest BCUT2D eigenvalue weighted by Gasteiger charge is -2.15. The van der Waals surface area contributed by atoms with E-state index in [-0.39, 0.29) is 30.3 Å². The van der Waals surface area contributed by atoms with Crippen molar-refractivity contribution in [2.45, 2.75) is 26.0 Å². The van der Waals surface area contributed by atoms with Gasteiger partial charge in [-0.2, -0.15) is 0 Å². The van der Waals surface area contributed by atoms with Crippen LogP contribution in [0.4, 0.5) is 0 Å². The number of aliphatic hydroxyl groups is 1. The van der Waals surface area contributed by atoms with Crippen molar-refractivity contribution >= 4 is 11.7 Å². The van der Waals surface area contributed by atoms with E-state index in [2.05, 4.69) is 5.32 Å². The topological polar surface area (TPSA) is 140 Å². The van der Waals surface area contributed by atoms with E-state index in [0.717, 1.165) is 11.1 Å². The number of aromatic hydroxyl groups is 1. The van der Waals surface area contributed by atoms with Crippen molar-refractivity contribution in [2.75, 3.05) is 26.4 Å². The fraction of sp³-hybridized carbons (Fsp3) is 0.286. The summed E-state index contributed by atoms with van der Waals surface area (Å²) in [7, 11) is 0. The van der Waals surface area contributed by atoms with E-state index in [9.17, 15) is 19.8 Å². The highest BCUT2D eigenvalue weighted by Gasteiger charge is 2.10. The number of benzene rings is 3. The zero-order valence-electron chi connectivity index (χ0n) is 20.7. The molecule has 0 aliphatic carbocycles. The molecule has 3 aromatic rings. The van der Waals surface area contributed by atoms with Gasteiger partial charge in [0.05, 0.1) is 12.2 Å². The number of ether oxygens (including phenoxy) is 3. The SMILES string of the molecule is CC(=O)COc1ccc(OCC(O)CNCc2ccccc2CCOc2ccc(O)c(C(N)=O)c2)cc1. The molecule has 3 aromatic carbocycles. The number of ketones is 1. The van der Waals surface area contributed by atoms with Gasteiger partial charge in [-0.05, 0) is 60.5 Å². The van der Waals surface area contributed by atoms with Gasteiger partial charge in [0, 0.05) is 19.5 Å². The van der Waals surface area contributed by atoms with E-state index in [0.29, 0.717) is 43.4 Å². The molecule has 9 nitrogen and oxygen atoms in total. The van der Waals surface area contributed by atoms with Crippen molar-refractivity contribution in [3.63, 3.8) is 0 Å². The Labute approximate surface area is 215 Å². The Morgan fingerprint density at radius 3 is 2.24 bits per heavy atom. The van der Waals surface area contributed by atoms with Crippen molar-refractivity contribution in [1.29, 1.82) is 0 Å². The molecule has 0 spiro atoms. The maximum atomic E-state index is 11.4. The molecule has 0 bridgehead atoms. The molecule has 196 valence electrons. The highest BCUT2D eigenvalue weighted by Crippen LogP contribution is 2.23. The molecule has 9 heteroatoms. The standard InChI is InChI=1S/C28H32N2O7/c1-19(31)17-36-23-6-8-24(9-7-23)37-18-22(32)16-30-15-21-5-3-2-4-20(21)12-13-35-25-10-11-27(33)26(14-25)28(29)34/h2-11,14,22,30,32-33H,12-13,15-18H2,1H3,(H2,29,34). The first-order valence-corrected chi connectivity index (χ1v) is 11.9. The molecule has 3 rings (SSSR count). The summed E-state index contributed by atoms with van der Waals surface area (Å²) < 4.78 is 16.7. The van der Waals surface area contributed by atoms with E-state index in [1.165, 1.54) is 19.1 Å². The number of amides is 1. The van der Waals surface area contributed by atoms with Gasteiger partial charge in [0.15, 0.2) is 5.78 Å². The Kier molecular flexibility index (Phi) is 10.3. The van der Waals surface area contributed by atoms with Gasteiger partial charge in [-0.15, -0.1) is 0 Å². The van der Waals surface area contributed by atoms with Crippen molar-refractivity contribution < 1.29 is 34.0 Å². The molecule has 37 heavy (non-hydrogen) atoms. The summed E-state index contributed by atoms with van der Waals surface area (Å²) in [5, 5.41) is 23.2. The molecule has 0 heterocycles. The van der Waals surface area contributed by atoms with Gasteiger partial charge < -0.3 is 35.5 Å². The number of aliphatic hydroxyl groups excluding tert-OH is 1. The average molecular weight is 509 g/mol. The number of rotatable bonds is 15. The second-order valence-electron chi connectivity index (χ2n) is 8.47. The van der Waals surface area contributed by atoms with Crippen LogP contribution >= 0.6 is 0 Å². The van der Waals surface area contributed by atoms with E-state index < -0.39 is 12.0 Å². The molecule has 5 N–H and O–H groups in total. The first-order valence-electron chi connectivity index (χ1n) is 11.9. The third-order valence-corrected chi connectivity index (χ3v) is 5.40. The number of primary amides is 1. The summed E-state index contributed by atoms with van der Waals surface area (Å²) in [5.74, 6) is 0.659. The summed E-state index contributed by atoms with van der Waals surface area (Å²) in [6.07, 6.45) is -0.0827. The second kappa shape index (κ2) is 13.9. The van der Waals surface area contributed by atoms with Crippen LogP contribution in [-0.4, -0.2) is 54.4 Å². The molecule has 0 saturated carbocycles. The first-order chi connectivity index (χ1) is 17.8. The summed E-state index contributed by atoms with van der Waals surface area (Å²) in [4.78, 5) is 22.4. The first kappa shape index (κ1) is 27.5. The number of nitrogens with one attached hydrogen (secondary N) is 1. The highest BCUT2D eigenvalue weighted by atomic mass is 16.5. The molecule has 1 amide bonds. The van der Waals surface area contributed by atoms with Crippen molar-refractivity contribution in [3.8, 4) is 23.0 Å². The maximum Gasteiger partial charge on any atom is 0.252 e. The monoisotopic (exact) mass is 508 g/mol. The van der Waals surface area contributed by atoms with Crippen molar-refractivity contribution in [2.24, 2.45) is 5.73 Å². The summed E-state index contributed by atoms with van der Waals surface area (Å²) in [5.41, 5.74) is 7.43. The number of hydrogen-bond donors (Lipinski definition) is 4. The summed E-state index contributed by atoms with van der Waals surface area (Å²) in [6, 6.07) is 19.2. The average Bonchev–Trinajstić information content (AvgIpc) is 2.88. The molecule has 1 unspecified atom stereocenters. The van der Waals surface area contributed by atoms with Crippen LogP contribution in [0.15, 0.2) is 66.7 Å². The van der Waals surface area contributed by atoms with Crippen molar-refractivity contribution in [1.82, 2.24) is 5.32 Å². The Hall–Kier alpha value is -4.08. The molecule has 0 saturated heterocycles. The molecule has 1 atom stereocenters. The Morgan fingerprint density at radius 1 is 0.919 bits per heavy atom. The van der Waals surface area contributed by atoms with Crippen LogP contribution in [0, 0.1) is 0 Å². The zero-order chi connectivity index (χ0) is 26.6. The third-order valence-electron chi connectivity index (χ3n) is 5.40. The number of nitrogens with two attached hydrogens (primary N) is 1. The predicted molar refractivity (Wildman–Crippen MR) is 138 cm³/mol. The van der Waals surface area contributed by atoms with Crippen molar-refractivity contribution in [3.05, 3.63) is 83.4 Å². The lowest BCUT2D eigenvalue weighted by Crippen LogP contribution is -2.31. The number of phenols is 1. The third kappa shape index (κ3) is 9.14. The smallest absolute Gasteiger partial charge is 0.252 e. The quantitative estimate of drug-likeness (QED) is 0.246. The molecule has 0 fully saturated rings. The van der Waals surface area contributed by atoms with E-state index in [4.69, 9.17) is 19.9 Å². The van der Waals surface area contributed by atoms with Gasteiger partial charge in [0.2, 0.25) is 0 Å². The minimum atomic E-state index is -0.722. The van der Waals surface area contributed by atoms with Gasteiger partial charge >= 0.3 is 0 Å². The van der Waals surface area contributed by atoms with Crippen LogP contribution in [0.25, 0.3) is 0 Å². The van der Waals surface area contributed by atoms with Crippen LogP contribution in [0.2, 0.25) is 0 Å². The van der Waals surface area contributed by atoms with E-state index in [1.807, 2.05) is 24.3 Å². The summed E-state index contributed by atoms with van der Waals surface area (Å²) in [6.45, 7) is 2.87. The molecule has 0 aliphatic heterocycles. The molecular formula is C28H32N2O7. The van der Waals surface area contributed by atoms with Crippen LogP contribution in [0.5, 0.6) is 23.0 Å². The normalized spacial score (nSPS) is 11.5. The minimum Gasteiger partial charge on any atom is -0.507 e. The molecule has 0 aliphatic rings. The lowest BCUT2D eigenvalue weighted by molar-refractivity contribution is -0.118. The number of hydrogen-bond acceptors (Lipinski definition) is 8. The molecule has 0 aromatic heterocycles. The van der Waals surface area contributed by atoms with Crippen LogP contribution in [-0.2, 0) is 17.8 Å². The molecular weight excluding hydrogens is 476 g/mol. The molecule has 0 radical (unpaired) electrons. The van der Waals surface area contributed by atoms with Gasteiger partial charge in [0.1, 0.15) is 42.3 Å². The summed E-state index contributed by atoms with van der Waals surface area (Å²) >= 11 is 0. The lowest BCUT2D eigenvalue weighted by atomic mass is 10.0. The van der Waals surface area contributed by atoms with Gasteiger partial charge in [-0.1, -0.05) is 24.3 Å². The van der Waals surface area contributed by atoms with Crippen LogP contribution in [0.3, 0.4) is 0 Å². The van der Waals surface area contributed by atoms with Gasteiger partial charge in [-0.25, -0.2) is 0 Å². The Bertz CT molecular complexity index is 1180. The zero-order valence-corrected chi connectivity index (χ0v) is 20.7. The fourth-order valence-electron chi connectivity index (χ4n) is 3.50. The predicted octanol–water partition coefficient (Wildman–Crippen LogP) is 2.61. The van der Waals surface area contributed by atoms with E-state index in [1.54, 1.807) is 30.3 Å². The van der Waals surface area contributed by atoms with Gasteiger partial charge in [0.25, 0.3) is 5.91 Å². The van der Waals surface area contributed by atoms with Crippen LogP contribution < -0.4 is 25.3 Å².